The number of carbonyl (C=O) groups is 1. The number of carboxylic acid groups (broad SMARTS) is 1. The van der Waals surface area contributed by atoms with E-state index in [4.69, 9.17) is 14.6 Å². The number of aliphatic carboxylic acids is 1. The zero-order chi connectivity index (χ0) is 20.9. The first kappa shape index (κ1) is 21.4. The summed E-state index contributed by atoms with van der Waals surface area (Å²) in [6.07, 6.45) is -3.14. The Hall–Kier alpha value is -2.35. The van der Waals surface area contributed by atoms with Gasteiger partial charge in [-0.15, -0.1) is 16.4 Å². The summed E-state index contributed by atoms with van der Waals surface area (Å²) >= 11 is 3.32. The largest absolute Gasteiger partial charge is 0.490 e. The van der Waals surface area contributed by atoms with Gasteiger partial charge in [0.1, 0.15) is 10.7 Å². The second-order valence-electron chi connectivity index (χ2n) is 5.87. The van der Waals surface area contributed by atoms with Crippen molar-refractivity contribution in [2.24, 2.45) is 0 Å². The Bertz CT molecular complexity index is 913. The van der Waals surface area contributed by atoms with Crippen molar-refractivity contribution >= 4 is 28.6 Å². The molecule has 8 nitrogen and oxygen atoms in total. The lowest BCUT2D eigenvalue weighted by atomic mass is 10.2. The Labute approximate surface area is 171 Å². The van der Waals surface area contributed by atoms with Gasteiger partial charge >= 0.3 is 12.1 Å². The fourth-order valence-electron chi connectivity index (χ4n) is 2.49. The maximum Gasteiger partial charge on any atom is 0.490 e. The highest BCUT2D eigenvalue weighted by atomic mass is 32.1. The average molecular weight is 447 g/mol. The number of alkyl halides is 3. The Kier molecular flexibility index (Phi) is 6.95. The van der Waals surface area contributed by atoms with Gasteiger partial charge in [0, 0.05) is 35.6 Å². The van der Waals surface area contributed by atoms with Gasteiger partial charge in [0.2, 0.25) is 0 Å². The van der Waals surface area contributed by atoms with Crippen LogP contribution >= 0.6 is 22.7 Å². The number of hydrogen-bond donors (Lipinski definition) is 2. The topological polar surface area (TPSA) is 102 Å². The number of nitrogens with one attached hydrogen (secondary N) is 1. The van der Waals surface area contributed by atoms with Gasteiger partial charge in [-0.1, -0.05) is 5.21 Å². The fraction of sp³-hybridized carbons (Fsp3) is 0.375. The number of aromatic nitrogens is 4. The Morgan fingerprint density at radius 1 is 1.41 bits per heavy atom. The average Bonchev–Trinajstić information content (AvgIpc) is 3.42. The minimum absolute atomic E-state index is 0.115. The van der Waals surface area contributed by atoms with Gasteiger partial charge in [-0.3, -0.25) is 0 Å². The molecule has 13 heteroatoms. The molecule has 0 bridgehead atoms. The van der Waals surface area contributed by atoms with Crippen LogP contribution in [0.2, 0.25) is 0 Å². The SMILES string of the molecule is O=C(O)C(F)(F)F.c1csc(CNCC2Cn3nnc(-c4ccsc4)c3CO2)n1. The summed E-state index contributed by atoms with van der Waals surface area (Å²) in [7, 11) is 0. The summed E-state index contributed by atoms with van der Waals surface area (Å²) in [5.41, 5.74) is 3.13. The van der Waals surface area contributed by atoms with E-state index in [1.165, 1.54) is 0 Å². The molecular formula is C16H16F3N5O3S2. The van der Waals surface area contributed by atoms with Gasteiger partial charge in [0.05, 0.1) is 24.9 Å². The molecular weight excluding hydrogens is 431 g/mol. The van der Waals surface area contributed by atoms with Gasteiger partial charge < -0.3 is 15.2 Å². The van der Waals surface area contributed by atoms with E-state index in [0.717, 1.165) is 41.6 Å². The van der Waals surface area contributed by atoms with Crippen LogP contribution in [0.5, 0.6) is 0 Å². The third-order valence-corrected chi connectivity index (χ3v) is 5.30. The van der Waals surface area contributed by atoms with E-state index in [1.807, 2.05) is 16.3 Å². The number of hydrogen-bond acceptors (Lipinski definition) is 8. The number of halogens is 3. The molecule has 0 fully saturated rings. The summed E-state index contributed by atoms with van der Waals surface area (Å²) in [6.45, 7) is 2.85. The van der Waals surface area contributed by atoms with Gasteiger partial charge in [-0.25, -0.2) is 14.5 Å². The first-order valence-electron chi connectivity index (χ1n) is 8.30. The van der Waals surface area contributed by atoms with Crippen LogP contribution in [-0.4, -0.2) is 49.9 Å². The summed E-state index contributed by atoms with van der Waals surface area (Å²) in [5.74, 6) is -2.76. The molecule has 1 aliphatic heterocycles. The van der Waals surface area contributed by atoms with Crippen LogP contribution in [0.15, 0.2) is 28.4 Å². The molecule has 0 aromatic carbocycles. The van der Waals surface area contributed by atoms with Crippen LogP contribution < -0.4 is 5.32 Å². The van der Waals surface area contributed by atoms with Crippen molar-refractivity contribution < 1.29 is 27.8 Å². The van der Waals surface area contributed by atoms with Crippen molar-refractivity contribution in [3.8, 4) is 11.3 Å². The van der Waals surface area contributed by atoms with Gasteiger partial charge in [0.25, 0.3) is 0 Å². The quantitative estimate of drug-likeness (QED) is 0.620. The second-order valence-corrected chi connectivity index (χ2v) is 7.63. The van der Waals surface area contributed by atoms with E-state index in [9.17, 15) is 13.2 Å². The minimum Gasteiger partial charge on any atom is -0.475 e. The van der Waals surface area contributed by atoms with Gasteiger partial charge in [-0.2, -0.15) is 24.5 Å². The van der Waals surface area contributed by atoms with E-state index in [0.29, 0.717) is 6.61 Å². The highest BCUT2D eigenvalue weighted by molar-refractivity contribution is 7.09. The molecule has 0 aliphatic carbocycles. The van der Waals surface area contributed by atoms with E-state index >= 15 is 0 Å². The Morgan fingerprint density at radius 2 is 2.21 bits per heavy atom. The van der Waals surface area contributed by atoms with Crippen LogP contribution in [0.25, 0.3) is 11.3 Å². The van der Waals surface area contributed by atoms with E-state index in [-0.39, 0.29) is 6.10 Å². The first-order chi connectivity index (χ1) is 13.8. The van der Waals surface area contributed by atoms with E-state index in [2.05, 4.69) is 37.4 Å². The van der Waals surface area contributed by atoms with Gasteiger partial charge in [0.15, 0.2) is 0 Å². The van der Waals surface area contributed by atoms with E-state index in [1.54, 1.807) is 22.7 Å². The van der Waals surface area contributed by atoms with Crippen molar-refractivity contribution in [2.75, 3.05) is 6.54 Å². The number of carboxylic acids is 1. The fourth-order valence-corrected chi connectivity index (χ4v) is 3.72. The lowest BCUT2D eigenvalue weighted by Gasteiger charge is -2.24. The predicted molar refractivity (Wildman–Crippen MR) is 99.4 cm³/mol. The molecule has 3 aromatic rings. The van der Waals surface area contributed by atoms with Crippen LogP contribution in [0.4, 0.5) is 13.2 Å². The molecule has 1 atom stereocenters. The lowest BCUT2D eigenvalue weighted by Crippen LogP contribution is -2.36. The highest BCUT2D eigenvalue weighted by Crippen LogP contribution is 2.26. The monoisotopic (exact) mass is 447 g/mol. The zero-order valence-corrected chi connectivity index (χ0v) is 16.4. The molecule has 4 heterocycles. The van der Waals surface area contributed by atoms with Crippen molar-refractivity contribution in [1.82, 2.24) is 25.3 Å². The summed E-state index contributed by atoms with van der Waals surface area (Å²) in [5, 5.41) is 26.3. The Balaban J connectivity index is 0.000000298. The van der Waals surface area contributed by atoms with Crippen LogP contribution in [0.3, 0.4) is 0 Å². The van der Waals surface area contributed by atoms with Crippen LogP contribution in [-0.2, 0) is 29.2 Å². The number of ether oxygens (including phenoxy) is 1. The van der Waals surface area contributed by atoms with Crippen molar-refractivity contribution in [2.45, 2.75) is 32.0 Å². The molecule has 0 radical (unpaired) electrons. The smallest absolute Gasteiger partial charge is 0.475 e. The summed E-state index contributed by atoms with van der Waals surface area (Å²) < 4.78 is 39.6. The van der Waals surface area contributed by atoms with Crippen molar-refractivity contribution in [1.29, 1.82) is 0 Å². The van der Waals surface area contributed by atoms with Crippen molar-refractivity contribution in [3.63, 3.8) is 0 Å². The third kappa shape index (κ3) is 5.82. The number of fused-ring (bicyclic) bond motifs is 1. The molecule has 3 aromatic heterocycles. The molecule has 29 heavy (non-hydrogen) atoms. The predicted octanol–water partition coefficient (Wildman–Crippen LogP) is 2.79. The third-order valence-electron chi connectivity index (χ3n) is 3.84. The minimum atomic E-state index is -5.08. The number of rotatable bonds is 5. The number of nitrogens with zero attached hydrogens (tertiary/aromatic N) is 4. The molecule has 0 saturated carbocycles. The second kappa shape index (κ2) is 9.43. The molecule has 156 valence electrons. The maximum atomic E-state index is 10.6. The molecule has 4 rings (SSSR count). The summed E-state index contributed by atoms with van der Waals surface area (Å²) in [4.78, 5) is 13.2. The lowest BCUT2D eigenvalue weighted by molar-refractivity contribution is -0.192. The molecule has 1 unspecified atom stereocenters. The normalized spacial score (nSPS) is 16.0. The number of thiazole rings is 1. The molecule has 1 aliphatic rings. The zero-order valence-electron chi connectivity index (χ0n) is 14.8. The van der Waals surface area contributed by atoms with Crippen LogP contribution in [0.1, 0.15) is 10.7 Å². The standard InChI is InChI=1S/C14H15N5OS2.C2HF3O2/c1-3-21-9-10(1)14-12-8-20-11(7-19(12)18-17-14)5-15-6-13-16-2-4-22-13;3-2(4,5)1(6)7/h1-4,9,11,15H,5-8H2;(H,6,7). The molecule has 0 spiro atoms. The van der Waals surface area contributed by atoms with Crippen LogP contribution in [0, 0.1) is 0 Å². The van der Waals surface area contributed by atoms with E-state index < -0.39 is 12.1 Å². The van der Waals surface area contributed by atoms with Crippen molar-refractivity contribution in [3.05, 3.63) is 39.1 Å². The van der Waals surface area contributed by atoms with Gasteiger partial charge in [-0.05, 0) is 11.4 Å². The Morgan fingerprint density at radius 3 is 2.83 bits per heavy atom. The highest BCUT2D eigenvalue weighted by Gasteiger charge is 2.38. The maximum absolute atomic E-state index is 10.6. The molecule has 0 saturated heterocycles. The summed E-state index contributed by atoms with van der Waals surface area (Å²) in [6, 6.07) is 2.07. The first-order valence-corrected chi connectivity index (χ1v) is 10.1. The molecule has 2 N–H and O–H groups in total. The number of thiophene rings is 1. The molecule has 0 amide bonds.